The Hall–Kier alpha value is -1.73. The van der Waals surface area contributed by atoms with Gasteiger partial charge < -0.3 is 25.7 Å². The molecule has 53 heavy (non-hydrogen) atoms. The second-order valence-corrected chi connectivity index (χ2v) is 15.4. The highest BCUT2D eigenvalue weighted by Gasteiger charge is 2.28. The molecule has 0 aromatic carbocycles. The number of hydrogen-bond donors (Lipinski definition) is 5. The van der Waals surface area contributed by atoms with Crippen LogP contribution in [-0.4, -0.2) is 57.3 Å². The first-order valence-corrected chi connectivity index (χ1v) is 22.5. The van der Waals surface area contributed by atoms with Gasteiger partial charge in [0.15, 0.2) is 0 Å². The SMILES string of the molecule is CCCCC/C=C\C=C/CCCCCCCC(O)C(=O)NC(CO)C(O)C(O)CCC/C=C/CC/C=C/CCCCCCCCCCCCCCCC. The maximum Gasteiger partial charge on any atom is 0.249 e. The number of allylic oxidation sites excluding steroid dienone is 8. The molecular formula is C47H87NO5. The minimum Gasteiger partial charge on any atom is -0.394 e. The molecule has 1 amide bonds. The van der Waals surface area contributed by atoms with Crippen molar-refractivity contribution in [2.45, 2.75) is 237 Å². The first-order valence-electron chi connectivity index (χ1n) is 22.5. The predicted molar refractivity (Wildman–Crippen MR) is 228 cm³/mol. The molecule has 5 N–H and O–H groups in total. The number of carbonyl (C=O) groups is 1. The molecule has 0 aliphatic carbocycles. The highest BCUT2D eigenvalue weighted by molar-refractivity contribution is 5.80. The van der Waals surface area contributed by atoms with E-state index in [0.29, 0.717) is 19.3 Å². The van der Waals surface area contributed by atoms with Crippen LogP contribution >= 0.6 is 0 Å². The fourth-order valence-electron chi connectivity index (χ4n) is 6.65. The van der Waals surface area contributed by atoms with Crippen molar-refractivity contribution in [3.05, 3.63) is 48.6 Å². The van der Waals surface area contributed by atoms with Crippen LogP contribution in [0.1, 0.15) is 213 Å². The number of rotatable bonds is 40. The van der Waals surface area contributed by atoms with E-state index in [9.17, 15) is 25.2 Å². The van der Waals surface area contributed by atoms with Gasteiger partial charge in [-0.05, 0) is 77.0 Å². The van der Waals surface area contributed by atoms with E-state index in [0.717, 1.165) is 64.2 Å². The third kappa shape index (κ3) is 35.7. The predicted octanol–water partition coefficient (Wildman–Crippen LogP) is 11.9. The number of aliphatic hydroxyl groups excluding tert-OH is 4. The van der Waals surface area contributed by atoms with Gasteiger partial charge in [0.05, 0.1) is 18.8 Å². The van der Waals surface area contributed by atoms with Gasteiger partial charge in [0.25, 0.3) is 0 Å². The van der Waals surface area contributed by atoms with Gasteiger partial charge in [-0.3, -0.25) is 4.79 Å². The van der Waals surface area contributed by atoms with E-state index in [1.54, 1.807) is 0 Å². The molecule has 0 aromatic rings. The van der Waals surface area contributed by atoms with E-state index >= 15 is 0 Å². The molecule has 4 unspecified atom stereocenters. The Bertz CT molecular complexity index is 884. The van der Waals surface area contributed by atoms with E-state index in [2.05, 4.69) is 67.8 Å². The molecule has 0 aliphatic rings. The van der Waals surface area contributed by atoms with Gasteiger partial charge >= 0.3 is 0 Å². The Morgan fingerprint density at radius 1 is 0.472 bits per heavy atom. The lowest BCUT2D eigenvalue weighted by molar-refractivity contribution is -0.132. The van der Waals surface area contributed by atoms with Crippen LogP contribution in [0.5, 0.6) is 0 Å². The lowest BCUT2D eigenvalue weighted by atomic mass is 10.00. The molecule has 0 heterocycles. The molecule has 0 spiro atoms. The molecule has 0 radical (unpaired) electrons. The molecule has 310 valence electrons. The molecule has 0 saturated heterocycles. The molecular weight excluding hydrogens is 659 g/mol. The van der Waals surface area contributed by atoms with Crippen LogP contribution in [0, 0.1) is 0 Å². The Labute approximate surface area is 328 Å². The van der Waals surface area contributed by atoms with E-state index < -0.39 is 36.9 Å². The van der Waals surface area contributed by atoms with Crippen molar-refractivity contribution in [2.75, 3.05) is 6.61 Å². The number of nitrogens with one attached hydrogen (secondary N) is 1. The van der Waals surface area contributed by atoms with Gasteiger partial charge in [0.1, 0.15) is 12.2 Å². The van der Waals surface area contributed by atoms with E-state index in [1.165, 1.54) is 116 Å². The van der Waals surface area contributed by atoms with Gasteiger partial charge in [-0.15, -0.1) is 0 Å². The molecule has 4 atom stereocenters. The Morgan fingerprint density at radius 3 is 1.34 bits per heavy atom. The number of unbranched alkanes of at least 4 members (excludes halogenated alkanes) is 24. The molecule has 0 saturated carbocycles. The summed E-state index contributed by atoms with van der Waals surface area (Å²) >= 11 is 0. The zero-order valence-corrected chi connectivity index (χ0v) is 34.8. The summed E-state index contributed by atoms with van der Waals surface area (Å²) in [6.45, 7) is 3.99. The van der Waals surface area contributed by atoms with Crippen molar-refractivity contribution >= 4 is 5.91 Å². The van der Waals surface area contributed by atoms with Crippen molar-refractivity contribution in [3.63, 3.8) is 0 Å². The quantitative estimate of drug-likeness (QED) is 0.0244. The standard InChI is InChI=1S/C47H87NO5/c1-3-5-7-9-11-13-15-17-19-20-21-22-23-24-25-26-27-29-30-32-34-36-38-40-44(50)46(52)43(42-49)48-47(53)45(51)41-39-37-35-33-31-28-18-16-14-12-10-8-6-4-2/h12,14,16,18,26-27,32,34,43-46,49-52H,3-11,13,15,17,19-25,28-31,33,35-42H2,1-2H3,(H,48,53)/b14-12-,18-16-,27-26+,34-32+. The van der Waals surface area contributed by atoms with Crippen LogP contribution in [0.2, 0.25) is 0 Å². The Balaban J connectivity index is 3.81. The van der Waals surface area contributed by atoms with Gasteiger partial charge in [0.2, 0.25) is 5.91 Å². The molecule has 0 aromatic heterocycles. The van der Waals surface area contributed by atoms with Crippen LogP contribution in [0.25, 0.3) is 0 Å². The lowest BCUT2D eigenvalue weighted by Crippen LogP contribution is -2.53. The zero-order valence-electron chi connectivity index (χ0n) is 34.8. The van der Waals surface area contributed by atoms with Gasteiger partial charge in [-0.2, -0.15) is 0 Å². The fraction of sp³-hybridized carbons (Fsp3) is 0.809. The number of carbonyl (C=O) groups excluding carboxylic acids is 1. The second-order valence-electron chi connectivity index (χ2n) is 15.4. The summed E-state index contributed by atoms with van der Waals surface area (Å²) in [6, 6.07) is -1.02. The van der Waals surface area contributed by atoms with Crippen LogP contribution in [0.15, 0.2) is 48.6 Å². The van der Waals surface area contributed by atoms with Gasteiger partial charge in [-0.25, -0.2) is 0 Å². The van der Waals surface area contributed by atoms with E-state index in [-0.39, 0.29) is 0 Å². The Morgan fingerprint density at radius 2 is 0.849 bits per heavy atom. The lowest BCUT2D eigenvalue weighted by Gasteiger charge is -2.27. The summed E-state index contributed by atoms with van der Waals surface area (Å²) in [5.41, 5.74) is 0. The minimum atomic E-state index is -1.30. The van der Waals surface area contributed by atoms with Crippen LogP contribution in [-0.2, 0) is 4.79 Å². The van der Waals surface area contributed by atoms with Crippen molar-refractivity contribution in [3.8, 4) is 0 Å². The van der Waals surface area contributed by atoms with Crippen molar-refractivity contribution in [1.29, 1.82) is 0 Å². The first kappa shape index (κ1) is 51.3. The number of amides is 1. The normalized spacial score (nSPS) is 14.6. The number of hydrogen-bond acceptors (Lipinski definition) is 5. The minimum absolute atomic E-state index is 0.340. The molecule has 6 heteroatoms. The van der Waals surface area contributed by atoms with Crippen molar-refractivity contribution < 1.29 is 25.2 Å². The fourth-order valence-corrected chi connectivity index (χ4v) is 6.65. The zero-order chi connectivity index (χ0) is 38.9. The second kappa shape index (κ2) is 41.4. The summed E-state index contributed by atoms with van der Waals surface area (Å²) in [6.07, 6.45) is 50.0. The van der Waals surface area contributed by atoms with Crippen LogP contribution < -0.4 is 5.32 Å². The summed E-state index contributed by atoms with van der Waals surface area (Å²) < 4.78 is 0. The summed E-state index contributed by atoms with van der Waals surface area (Å²) in [5, 5.41) is 43.6. The largest absolute Gasteiger partial charge is 0.394 e. The molecule has 0 bridgehead atoms. The molecule has 6 nitrogen and oxygen atoms in total. The van der Waals surface area contributed by atoms with Crippen LogP contribution in [0.4, 0.5) is 0 Å². The smallest absolute Gasteiger partial charge is 0.249 e. The van der Waals surface area contributed by atoms with Crippen molar-refractivity contribution in [2.24, 2.45) is 0 Å². The van der Waals surface area contributed by atoms with Crippen LogP contribution in [0.3, 0.4) is 0 Å². The maximum absolute atomic E-state index is 12.5. The van der Waals surface area contributed by atoms with Crippen molar-refractivity contribution in [1.82, 2.24) is 5.32 Å². The summed E-state index contributed by atoms with van der Waals surface area (Å²) in [5.74, 6) is -0.611. The van der Waals surface area contributed by atoms with E-state index in [1.807, 2.05) is 0 Å². The molecule has 0 fully saturated rings. The third-order valence-corrected chi connectivity index (χ3v) is 10.3. The average Bonchev–Trinajstić information content (AvgIpc) is 3.16. The van der Waals surface area contributed by atoms with E-state index in [4.69, 9.17) is 0 Å². The molecule has 0 aliphatic heterocycles. The van der Waals surface area contributed by atoms with Gasteiger partial charge in [-0.1, -0.05) is 184 Å². The molecule has 0 rings (SSSR count). The number of aliphatic hydroxyl groups is 4. The van der Waals surface area contributed by atoms with Gasteiger partial charge in [0, 0.05) is 0 Å². The highest BCUT2D eigenvalue weighted by Crippen LogP contribution is 2.15. The first-order chi connectivity index (χ1) is 26.0. The summed E-state index contributed by atoms with van der Waals surface area (Å²) in [7, 11) is 0. The topological polar surface area (TPSA) is 110 Å². The highest BCUT2D eigenvalue weighted by atomic mass is 16.3. The third-order valence-electron chi connectivity index (χ3n) is 10.3. The summed E-state index contributed by atoms with van der Waals surface area (Å²) in [4.78, 5) is 12.5. The average molecular weight is 746 g/mol. The monoisotopic (exact) mass is 746 g/mol. The maximum atomic E-state index is 12.5. The Kier molecular flexibility index (Phi) is 40.1.